The van der Waals surface area contributed by atoms with Crippen molar-refractivity contribution in [3.05, 3.63) is 107 Å². The highest BCUT2D eigenvalue weighted by Gasteiger charge is 2.44. The summed E-state index contributed by atoms with van der Waals surface area (Å²) in [6, 6.07) is 26.8. The topological polar surface area (TPSA) is 181 Å². The van der Waals surface area contributed by atoms with Crippen LogP contribution in [0.15, 0.2) is 84.9 Å². The highest BCUT2D eigenvalue weighted by Crippen LogP contribution is 2.40. The normalized spacial score (nSPS) is 22.9. The zero-order valence-corrected chi connectivity index (χ0v) is 47.8. The van der Waals surface area contributed by atoms with Gasteiger partial charge in [-0.05, 0) is 185 Å². The summed E-state index contributed by atoms with van der Waals surface area (Å²) in [5, 5.41) is 19.0. The molecule has 0 aromatic heterocycles. The number of likely N-dealkylation sites (N-methyl/N-ethyl adjacent to an activating group) is 2. The Kier molecular flexibility index (Phi) is 18.5. The molecule has 4 aromatic carbocycles. The van der Waals surface area contributed by atoms with Gasteiger partial charge in [-0.3, -0.25) is 28.8 Å². The summed E-state index contributed by atoms with van der Waals surface area (Å²) in [6.07, 6.45) is 18.1. The summed E-state index contributed by atoms with van der Waals surface area (Å²) in [7, 11) is 3.49. The maximum absolute atomic E-state index is 14.4. The molecule has 2 saturated carbocycles. The minimum absolute atomic E-state index is 0.0645. The summed E-state index contributed by atoms with van der Waals surface area (Å²) in [4.78, 5) is 87.1. The van der Waals surface area contributed by atoms with Crippen molar-refractivity contribution in [2.75, 3.05) is 27.2 Å². The highest BCUT2D eigenvalue weighted by atomic mass is 16.2. The first-order valence-electron chi connectivity index (χ1n) is 30.5. The third-order valence-electron chi connectivity index (χ3n) is 19.1. The molecule has 2 heterocycles. The summed E-state index contributed by atoms with van der Waals surface area (Å²) in [6.45, 7) is 4.62. The van der Waals surface area contributed by atoms with E-state index in [0.717, 1.165) is 149 Å². The van der Waals surface area contributed by atoms with Gasteiger partial charge in [0.1, 0.15) is 24.2 Å². The number of carbonyl (C=O) groups is 6. The number of rotatable bonds is 17. The van der Waals surface area contributed by atoms with Gasteiger partial charge in [0, 0.05) is 13.1 Å². The smallest absolute Gasteiger partial charge is 0.246 e. The maximum Gasteiger partial charge on any atom is 0.246 e. The monoisotopic (exact) mass is 1090 g/mol. The molecule has 0 spiro atoms. The van der Waals surface area contributed by atoms with Crippen molar-refractivity contribution in [2.45, 2.75) is 191 Å². The molecular weight excluding hydrogens is 1000 g/mol. The number of fused-ring (bicyclic) bond motifs is 2. The molecule has 14 heteroatoms. The van der Waals surface area contributed by atoms with Crippen LogP contribution in [0.5, 0.6) is 0 Å². The van der Waals surface area contributed by atoms with Crippen molar-refractivity contribution in [3.8, 4) is 33.4 Å². The summed E-state index contributed by atoms with van der Waals surface area (Å²) in [5.74, 6) is -0.735. The van der Waals surface area contributed by atoms with E-state index >= 15 is 0 Å². The van der Waals surface area contributed by atoms with Crippen molar-refractivity contribution in [3.63, 3.8) is 0 Å². The molecule has 4 fully saturated rings. The summed E-state index contributed by atoms with van der Waals surface area (Å²) >= 11 is 0. The standard InChI is InChI=1S/C66H86N8O6/c1-41(67-3)61(75)71-59(47-17-7-5-8-18-47)65(79)73-39-15-29-57(73)63(77)69-55-27-13-23-51-49(21-11-25-53(51)55)45-35-31-43(32-36-45)44-33-37-46(38-34-44)50-22-12-26-54-52(50)24-14-28-56(54)70-64(78)58-30-16-40-74(58)66(80)60(48-19-9-6-10-20-48)72-62(76)42(2)68-4/h11-12,21-22,25-26,31-38,41-42,47-48,55-60,67-68H,5-10,13-20,23-24,27-30,39-40H2,1-4H3,(H,69,77)(H,70,78)(H,71,75)(H,72,76)/t41?,42?,55-,56?,57?,58?,59?,60?/m1/s1. The third kappa shape index (κ3) is 12.4. The Morgan fingerprint density at radius 3 is 1.19 bits per heavy atom. The molecule has 2 aliphatic heterocycles. The minimum atomic E-state index is -0.633. The number of amides is 6. The van der Waals surface area contributed by atoms with E-state index in [2.05, 4.69) is 117 Å². The third-order valence-corrected chi connectivity index (χ3v) is 19.1. The second-order valence-electron chi connectivity index (χ2n) is 24.0. The van der Waals surface area contributed by atoms with Gasteiger partial charge in [-0.15, -0.1) is 0 Å². The summed E-state index contributed by atoms with van der Waals surface area (Å²) < 4.78 is 0. The number of carbonyl (C=O) groups excluding carboxylic acids is 6. The van der Waals surface area contributed by atoms with Crippen LogP contribution in [0.4, 0.5) is 0 Å². The van der Waals surface area contributed by atoms with Gasteiger partial charge in [-0.2, -0.15) is 0 Å². The molecule has 80 heavy (non-hydrogen) atoms. The number of hydrogen-bond donors (Lipinski definition) is 6. The van der Waals surface area contributed by atoms with Crippen molar-refractivity contribution in [1.82, 2.24) is 41.7 Å². The zero-order valence-electron chi connectivity index (χ0n) is 47.8. The lowest BCUT2D eigenvalue weighted by Crippen LogP contribution is -2.58. The number of likely N-dealkylation sites (tertiary alicyclic amines) is 2. The first kappa shape index (κ1) is 56.9. The van der Waals surface area contributed by atoms with Gasteiger partial charge >= 0.3 is 0 Å². The van der Waals surface area contributed by atoms with Crippen LogP contribution in [-0.2, 0) is 41.6 Å². The Labute approximate surface area is 474 Å². The van der Waals surface area contributed by atoms with Crippen LogP contribution in [-0.4, -0.2) is 109 Å². The molecular formula is C66H86N8O6. The molecule has 426 valence electrons. The number of nitrogens with one attached hydrogen (secondary N) is 6. The van der Waals surface area contributed by atoms with E-state index in [-0.39, 0.29) is 59.4 Å². The highest BCUT2D eigenvalue weighted by molar-refractivity contribution is 5.95. The Bertz CT molecular complexity index is 2670. The van der Waals surface area contributed by atoms with Crippen LogP contribution in [0.1, 0.15) is 164 Å². The van der Waals surface area contributed by atoms with Crippen LogP contribution in [0.25, 0.3) is 33.4 Å². The molecule has 6 amide bonds. The lowest BCUT2D eigenvalue weighted by Gasteiger charge is -2.36. The van der Waals surface area contributed by atoms with Crippen LogP contribution in [0, 0.1) is 11.8 Å². The van der Waals surface area contributed by atoms with Crippen molar-refractivity contribution in [1.29, 1.82) is 0 Å². The van der Waals surface area contributed by atoms with Crippen molar-refractivity contribution < 1.29 is 28.8 Å². The number of benzene rings is 4. The molecule has 0 radical (unpaired) electrons. The lowest BCUT2D eigenvalue weighted by atomic mass is 9.82. The molecule has 8 atom stereocenters. The molecule has 14 nitrogen and oxygen atoms in total. The van der Waals surface area contributed by atoms with E-state index in [1.807, 2.05) is 0 Å². The van der Waals surface area contributed by atoms with Gasteiger partial charge in [-0.25, -0.2) is 0 Å². The van der Waals surface area contributed by atoms with Crippen LogP contribution in [0.2, 0.25) is 0 Å². The van der Waals surface area contributed by atoms with E-state index in [9.17, 15) is 28.8 Å². The van der Waals surface area contributed by atoms with Crippen LogP contribution < -0.4 is 31.9 Å². The minimum Gasteiger partial charge on any atom is -0.347 e. The summed E-state index contributed by atoms with van der Waals surface area (Å²) in [5.41, 5.74) is 11.6. The second kappa shape index (κ2) is 26.0. The first-order chi connectivity index (χ1) is 38.9. The van der Waals surface area contributed by atoms with Gasteiger partial charge < -0.3 is 41.7 Å². The van der Waals surface area contributed by atoms with Crippen LogP contribution >= 0.6 is 0 Å². The quantitative estimate of drug-likeness (QED) is 0.0606. The van der Waals surface area contributed by atoms with E-state index in [1.165, 1.54) is 22.3 Å². The van der Waals surface area contributed by atoms with Gasteiger partial charge in [0.05, 0.1) is 24.2 Å². The molecule has 0 bridgehead atoms. The average molecular weight is 1090 g/mol. The average Bonchev–Trinajstić information content (AvgIpc) is 4.22. The SMILES string of the molecule is CNC(C)C(=O)NC(C(=O)N1CCCC1C(=O)NC1CCCc2c(-c3ccc(-c4ccc(-c5cccc6c5CCC[C@H]6NC(=O)C5CCCN5C(=O)C(NC(=O)C(C)NC)C5CCCCC5)cc4)cc3)cccc21)C1CCCCC1. The maximum atomic E-state index is 14.4. The molecule has 7 unspecified atom stereocenters. The zero-order chi connectivity index (χ0) is 55.9. The Morgan fingerprint density at radius 1 is 0.438 bits per heavy atom. The van der Waals surface area contributed by atoms with E-state index in [0.29, 0.717) is 25.9 Å². The number of nitrogens with zero attached hydrogens (tertiary/aromatic N) is 2. The predicted molar refractivity (Wildman–Crippen MR) is 314 cm³/mol. The van der Waals surface area contributed by atoms with E-state index < -0.39 is 36.3 Å². The number of hydrogen-bond acceptors (Lipinski definition) is 8. The second-order valence-corrected chi connectivity index (χ2v) is 24.0. The fourth-order valence-electron chi connectivity index (χ4n) is 14.2. The lowest BCUT2D eigenvalue weighted by molar-refractivity contribution is -0.143. The van der Waals surface area contributed by atoms with Gasteiger partial charge in [-0.1, -0.05) is 123 Å². The Hall–Kier alpha value is -6.38. The molecule has 4 aliphatic carbocycles. The fourth-order valence-corrected chi connectivity index (χ4v) is 14.2. The van der Waals surface area contributed by atoms with Gasteiger partial charge in [0.2, 0.25) is 35.4 Å². The molecule has 6 aliphatic rings. The molecule has 10 rings (SSSR count). The Morgan fingerprint density at radius 2 is 0.812 bits per heavy atom. The first-order valence-corrected chi connectivity index (χ1v) is 30.5. The van der Waals surface area contributed by atoms with E-state index in [4.69, 9.17) is 0 Å². The molecule has 6 N–H and O–H groups in total. The van der Waals surface area contributed by atoms with Gasteiger partial charge in [0.15, 0.2) is 0 Å². The fraction of sp³-hybridized carbons (Fsp3) is 0.545. The molecule has 4 aromatic rings. The Balaban J connectivity index is 0.789. The van der Waals surface area contributed by atoms with E-state index in [1.54, 1.807) is 37.7 Å². The largest absolute Gasteiger partial charge is 0.347 e. The van der Waals surface area contributed by atoms with Gasteiger partial charge in [0.25, 0.3) is 0 Å². The van der Waals surface area contributed by atoms with Crippen LogP contribution in [0.3, 0.4) is 0 Å². The predicted octanol–water partition coefficient (Wildman–Crippen LogP) is 9.00. The molecule has 2 saturated heterocycles. The van der Waals surface area contributed by atoms with Crippen molar-refractivity contribution >= 4 is 35.4 Å². The van der Waals surface area contributed by atoms with Crippen molar-refractivity contribution in [2.24, 2.45) is 11.8 Å².